The van der Waals surface area contributed by atoms with E-state index < -0.39 is 9.84 Å². The predicted molar refractivity (Wildman–Crippen MR) is 122 cm³/mol. The summed E-state index contributed by atoms with van der Waals surface area (Å²) < 4.78 is 40.7. The first-order chi connectivity index (χ1) is 12.9. The quantitative estimate of drug-likeness (QED) is 0.231. The Bertz CT molecular complexity index is 725. The van der Waals surface area contributed by atoms with Crippen molar-refractivity contribution in [2.45, 2.75) is 18.9 Å². The number of anilines is 1. The fraction of sp³-hybridized carbons (Fsp3) is 0.611. The van der Waals surface area contributed by atoms with Gasteiger partial charge in [0.05, 0.1) is 19.0 Å². The van der Waals surface area contributed by atoms with Crippen LogP contribution in [0.2, 0.25) is 0 Å². The number of nitrogens with zero attached hydrogens (tertiary/aromatic N) is 2. The van der Waals surface area contributed by atoms with Crippen molar-refractivity contribution < 1.29 is 17.5 Å². The molecule has 1 saturated heterocycles. The van der Waals surface area contributed by atoms with Crippen LogP contribution in [-0.4, -0.2) is 72.3 Å². The van der Waals surface area contributed by atoms with Crippen molar-refractivity contribution >= 4 is 45.5 Å². The number of rotatable bonds is 8. The summed E-state index contributed by atoms with van der Waals surface area (Å²) in [5.41, 5.74) is 0.919. The number of sulfone groups is 1. The zero-order valence-corrected chi connectivity index (χ0v) is 19.5. The van der Waals surface area contributed by atoms with Crippen LogP contribution < -0.4 is 15.5 Å². The highest BCUT2D eigenvalue weighted by molar-refractivity contribution is 14.0. The second-order valence-corrected chi connectivity index (χ2v) is 8.89. The van der Waals surface area contributed by atoms with Gasteiger partial charge in [0.15, 0.2) is 5.96 Å². The molecule has 0 aliphatic carbocycles. The molecule has 0 spiro atoms. The first kappa shape index (κ1) is 24.9. The summed E-state index contributed by atoms with van der Waals surface area (Å²) in [6.07, 6.45) is 3.06. The van der Waals surface area contributed by atoms with Gasteiger partial charge in [0.1, 0.15) is 15.7 Å². The van der Waals surface area contributed by atoms with Gasteiger partial charge in [0.25, 0.3) is 0 Å². The topological polar surface area (TPSA) is 83.0 Å². The monoisotopic (exact) mass is 528 g/mol. The van der Waals surface area contributed by atoms with Gasteiger partial charge < -0.3 is 20.3 Å². The SMILES string of the molecule is CN=C(NCCOCCS(C)(=O)=O)NC1CCN(c2cccc(F)c2)CC1.I. The van der Waals surface area contributed by atoms with E-state index in [1.165, 1.54) is 12.3 Å². The van der Waals surface area contributed by atoms with E-state index in [0.29, 0.717) is 25.2 Å². The van der Waals surface area contributed by atoms with E-state index in [4.69, 9.17) is 4.74 Å². The molecule has 28 heavy (non-hydrogen) atoms. The van der Waals surface area contributed by atoms with Crippen LogP contribution in [0.5, 0.6) is 0 Å². The third-order valence-corrected chi connectivity index (χ3v) is 5.28. The molecule has 0 bridgehead atoms. The van der Waals surface area contributed by atoms with E-state index in [9.17, 15) is 12.8 Å². The smallest absolute Gasteiger partial charge is 0.191 e. The van der Waals surface area contributed by atoms with Crippen LogP contribution in [0.4, 0.5) is 10.1 Å². The zero-order valence-electron chi connectivity index (χ0n) is 16.4. The third kappa shape index (κ3) is 9.37. The number of ether oxygens (including phenoxy) is 1. The maximum Gasteiger partial charge on any atom is 0.191 e. The number of benzene rings is 1. The standard InChI is InChI=1S/C18H29FN4O3S.HI/c1-20-18(21-8-11-26-12-13-27(2,24)25)22-16-6-9-23(10-7-16)17-5-3-4-15(19)14-17;/h3-5,14,16H,6-13H2,1-2H3,(H2,20,21,22);1H. The molecule has 0 saturated carbocycles. The molecule has 1 aliphatic heterocycles. The fourth-order valence-corrected chi connectivity index (χ4v) is 3.32. The summed E-state index contributed by atoms with van der Waals surface area (Å²) in [6, 6.07) is 6.99. The molecule has 1 heterocycles. The van der Waals surface area contributed by atoms with Crippen molar-refractivity contribution in [2.75, 3.05) is 56.8 Å². The van der Waals surface area contributed by atoms with E-state index in [1.807, 2.05) is 6.07 Å². The molecule has 0 atom stereocenters. The summed E-state index contributed by atoms with van der Waals surface area (Å²) in [5.74, 6) is 0.520. The highest BCUT2D eigenvalue weighted by Gasteiger charge is 2.20. The first-order valence-corrected chi connectivity index (χ1v) is 11.2. The van der Waals surface area contributed by atoms with Gasteiger partial charge >= 0.3 is 0 Å². The number of piperidine rings is 1. The molecule has 7 nitrogen and oxygen atoms in total. The Labute approximate surface area is 184 Å². The van der Waals surface area contributed by atoms with Crippen LogP contribution in [0.3, 0.4) is 0 Å². The molecule has 1 aliphatic rings. The van der Waals surface area contributed by atoms with E-state index in [-0.39, 0.29) is 42.2 Å². The maximum absolute atomic E-state index is 13.4. The zero-order chi connectivity index (χ0) is 19.7. The molecule has 0 radical (unpaired) electrons. The molecular formula is C18H30FIN4O3S. The lowest BCUT2D eigenvalue weighted by Gasteiger charge is -2.34. The molecule has 0 amide bonds. The summed E-state index contributed by atoms with van der Waals surface area (Å²) in [4.78, 5) is 6.40. The van der Waals surface area contributed by atoms with Gasteiger partial charge in [-0.1, -0.05) is 6.07 Å². The number of guanidine groups is 1. The molecular weight excluding hydrogens is 498 g/mol. The largest absolute Gasteiger partial charge is 0.379 e. The van der Waals surface area contributed by atoms with Crippen molar-refractivity contribution in [3.05, 3.63) is 30.1 Å². The van der Waals surface area contributed by atoms with Crippen LogP contribution in [-0.2, 0) is 14.6 Å². The predicted octanol–water partition coefficient (Wildman–Crippen LogP) is 1.64. The minimum Gasteiger partial charge on any atom is -0.379 e. The number of aliphatic imine (C=N–C) groups is 1. The first-order valence-electron chi connectivity index (χ1n) is 9.10. The minimum absolute atomic E-state index is 0. The molecule has 1 aromatic rings. The van der Waals surface area contributed by atoms with Crippen LogP contribution in [0.15, 0.2) is 29.3 Å². The van der Waals surface area contributed by atoms with Crippen LogP contribution in [0.1, 0.15) is 12.8 Å². The highest BCUT2D eigenvalue weighted by Crippen LogP contribution is 2.20. The van der Waals surface area contributed by atoms with Crippen LogP contribution in [0, 0.1) is 5.82 Å². The van der Waals surface area contributed by atoms with Crippen LogP contribution >= 0.6 is 24.0 Å². The van der Waals surface area contributed by atoms with E-state index in [0.717, 1.165) is 31.6 Å². The summed E-state index contributed by atoms with van der Waals surface area (Å²) in [5, 5.41) is 6.56. The van der Waals surface area contributed by atoms with Gasteiger partial charge in [0.2, 0.25) is 0 Å². The Hall–Kier alpha value is -1.14. The van der Waals surface area contributed by atoms with Crippen molar-refractivity contribution in [1.29, 1.82) is 0 Å². The van der Waals surface area contributed by atoms with Crippen LogP contribution in [0.25, 0.3) is 0 Å². The number of halogens is 2. The van der Waals surface area contributed by atoms with Gasteiger partial charge in [-0.25, -0.2) is 12.8 Å². The Balaban J connectivity index is 0.00000392. The van der Waals surface area contributed by atoms with Crippen molar-refractivity contribution in [2.24, 2.45) is 4.99 Å². The highest BCUT2D eigenvalue weighted by atomic mass is 127. The Morgan fingerprint density at radius 2 is 2.04 bits per heavy atom. The van der Waals surface area contributed by atoms with E-state index in [1.54, 1.807) is 19.2 Å². The minimum atomic E-state index is -2.98. The third-order valence-electron chi connectivity index (χ3n) is 4.37. The van der Waals surface area contributed by atoms with Gasteiger partial charge in [-0.05, 0) is 31.0 Å². The Morgan fingerprint density at radius 1 is 1.32 bits per heavy atom. The van der Waals surface area contributed by atoms with E-state index in [2.05, 4.69) is 20.5 Å². The number of nitrogens with one attached hydrogen (secondary N) is 2. The second kappa shape index (κ2) is 12.4. The summed E-state index contributed by atoms with van der Waals surface area (Å²) in [6.45, 7) is 2.87. The van der Waals surface area contributed by atoms with Crippen molar-refractivity contribution in [3.8, 4) is 0 Å². The lowest BCUT2D eigenvalue weighted by molar-refractivity contribution is 0.154. The Kier molecular flexibility index (Phi) is 11.1. The number of hydrogen-bond acceptors (Lipinski definition) is 5. The van der Waals surface area contributed by atoms with Gasteiger partial charge in [-0.3, -0.25) is 4.99 Å². The van der Waals surface area contributed by atoms with Gasteiger partial charge in [0, 0.05) is 44.7 Å². The normalized spacial score (nSPS) is 15.8. The summed E-state index contributed by atoms with van der Waals surface area (Å²) in [7, 11) is -1.27. The molecule has 0 unspecified atom stereocenters. The van der Waals surface area contributed by atoms with Gasteiger partial charge in [-0.15, -0.1) is 24.0 Å². The lowest BCUT2D eigenvalue weighted by atomic mass is 10.0. The Morgan fingerprint density at radius 3 is 2.64 bits per heavy atom. The summed E-state index contributed by atoms with van der Waals surface area (Å²) >= 11 is 0. The number of hydrogen-bond donors (Lipinski definition) is 2. The van der Waals surface area contributed by atoms with Gasteiger partial charge in [-0.2, -0.15) is 0 Å². The average Bonchev–Trinajstić information content (AvgIpc) is 2.63. The van der Waals surface area contributed by atoms with E-state index >= 15 is 0 Å². The fourth-order valence-electron chi connectivity index (χ4n) is 2.90. The molecule has 0 aromatic heterocycles. The molecule has 10 heteroatoms. The lowest BCUT2D eigenvalue weighted by Crippen LogP contribution is -2.49. The average molecular weight is 528 g/mol. The van der Waals surface area contributed by atoms with Crippen molar-refractivity contribution in [1.82, 2.24) is 10.6 Å². The molecule has 2 rings (SSSR count). The molecule has 2 N–H and O–H groups in total. The van der Waals surface area contributed by atoms with Crippen molar-refractivity contribution in [3.63, 3.8) is 0 Å². The maximum atomic E-state index is 13.4. The molecule has 160 valence electrons. The second-order valence-electron chi connectivity index (χ2n) is 6.63. The molecule has 1 aromatic carbocycles. The molecule has 1 fully saturated rings.